The molecule has 0 amide bonds. The third kappa shape index (κ3) is 2.64. The van der Waals surface area contributed by atoms with Gasteiger partial charge in [0.2, 0.25) is 0 Å². The average molecular weight is 225 g/mol. The van der Waals surface area contributed by atoms with Crippen molar-refractivity contribution in [3.05, 3.63) is 23.7 Å². The van der Waals surface area contributed by atoms with Crippen LogP contribution in [0.5, 0.6) is 0 Å². The van der Waals surface area contributed by atoms with E-state index in [1.165, 1.54) is 0 Å². The van der Waals surface area contributed by atoms with Crippen LogP contribution >= 0.6 is 0 Å². The molecular weight excluding hydrogens is 206 g/mol. The highest BCUT2D eigenvalue weighted by Gasteiger charge is 2.34. The SMILES string of the molecule is CCC(CC)(NCc1ccc(C)o1)C(=O)O. The van der Waals surface area contributed by atoms with Crippen molar-refractivity contribution < 1.29 is 14.3 Å². The fourth-order valence-electron chi connectivity index (χ4n) is 1.71. The molecule has 0 aliphatic carbocycles. The van der Waals surface area contributed by atoms with Gasteiger partial charge in [-0.15, -0.1) is 0 Å². The third-order valence-corrected chi connectivity index (χ3v) is 3.01. The van der Waals surface area contributed by atoms with Crippen molar-refractivity contribution in [1.29, 1.82) is 0 Å². The van der Waals surface area contributed by atoms with Crippen molar-refractivity contribution in [2.75, 3.05) is 0 Å². The molecule has 1 aromatic rings. The maximum Gasteiger partial charge on any atom is 0.323 e. The van der Waals surface area contributed by atoms with Gasteiger partial charge in [0.1, 0.15) is 17.1 Å². The van der Waals surface area contributed by atoms with Crippen LogP contribution in [0.3, 0.4) is 0 Å². The first kappa shape index (κ1) is 12.8. The zero-order valence-corrected chi connectivity index (χ0v) is 10.0. The summed E-state index contributed by atoms with van der Waals surface area (Å²) in [5.41, 5.74) is -0.847. The van der Waals surface area contributed by atoms with Crippen LogP contribution in [0.4, 0.5) is 0 Å². The van der Waals surface area contributed by atoms with E-state index in [-0.39, 0.29) is 0 Å². The van der Waals surface area contributed by atoms with Gasteiger partial charge < -0.3 is 9.52 Å². The van der Waals surface area contributed by atoms with Crippen molar-refractivity contribution >= 4 is 5.97 Å². The van der Waals surface area contributed by atoms with Gasteiger partial charge in [0.15, 0.2) is 0 Å². The van der Waals surface area contributed by atoms with Crippen LogP contribution in [-0.4, -0.2) is 16.6 Å². The van der Waals surface area contributed by atoms with Crippen LogP contribution in [0.25, 0.3) is 0 Å². The second-order valence-corrected chi connectivity index (χ2v) is 3.96. The van der Waals surface area contributed by atoms with Gasteiger partial charge in [0.05, 0.1) is 6.54 Å². The molecule has 4 nitrogen and oxygen atoms in total. The standard InChI is InChI=1S/C12H19NO3/c1-4-12(5-2,11(14)15)13-8-10-7-6-9(3)16-10/h6-7,13H,4-5,8H2,1-3H3,(H,14,15). The van der Waals surface area contributed by atoms with Gasteiger partial charge in [-0.3, -0.25) is 10.1 Å². The molecule has 0 aliphatic heterocycles. The van der Waals surface area contributed by atoms with E-state index < -0.39 is 11.5 Å². The fourth-order valence-corrected chi connectivity index (χ4v) is 1.71. The summed E-state index contributed by atoms with van der Waals surface area (Å²) in [4.78, 5) is 11.2. The summed E-state index contributed by atoms with van der Waals surface area (Å²) >= 11 is 0. The van der Waals surface area contributed by atoms with E-state index in [4.69, 9.17) is 4.42 Å². The Kier molecular flexibility index (Phi) is 4.12. The maximum atomic E-state index is 11.2. The van der Waals surface area contributed by atoms with Crippen LogP contribution in [0.1, 0.15) is 38.2 Å². The van der Waals surface area contributed by atoms with E-state index >= 15 is 0 Å². The van der Waals surface area contributed by atoms with Crippen LogP contribution < -0.4 is 5.32 Å². The Morgan fingerprint density at radius 1 is 1.44 bits per heavy atom. The Morgan fingerprint density at radius 2 is 2.06 bits per heavy atom. The molecule has 1 heterocycles. The Balaban J connectivity index is 2.67. The van der Waals surface area contributed by atoms with Gasteiger partial charge in [-0.25, -0.2) is 0 Å². The predicted molar refractivity (Wildman–Crippen MR) is 61.2 cm³/mol. The Labute approximate surface area is 95.7 Å². The molecule has 16 heavy (non-hydrogen) atoms. The van der Waals surface area contributed by atoms with Gasteiger partial charge in [-0.05, 0) is 31.9 Å². The number of carboxylic acids is 1. The highest BCUT2D eigenvalue weighted by molar-refractivity contribution is 5.78. The first-order chi connectivity index (χ1) is 7.54. The van der Waals surface area contributed by atoms with E-state index in [1.54, 1.807) is 0 Å². The molecule has 0 atom stereocenters. The molecular formula is C12H19NO3. The largest absolute Gasteiger partial charge is 0.480 e. The Morgan fingerprint density at radius 3 is 2.44 bits per heavy atom. The number of hydrogen-bond donors (Lipinski definition) is 2. The van der Waals surface area contributed by atoms with E-state index in [9.17, 15) is 9.90 Å². The number of aryl methyl sites for hydroxylation is 1. The summed E-state index contributed by atoms with van der Waals surface area (Å²) in [6, 6.07) is 3.73. The van der Waals surface area contributed by atoms with Gasteiger partial charge in [0, 0.05) is 0 Å². The lowest BCUT2D eigenvalue weighted by atomic mass is 9.93. The molecule has 0 spiro atoms. The van der Waals surface area contributed by atoms with Gasteiger partial charge in [-0.2, -0.15) is 0 Å². The quantitative estimate of drug-likeness (QED) is 0.780. The first-order valence-corrected chi connectivity index (χ1v) is 5.58. The molecule has 0 aromatic carbocycles. The highest BCUT2D eigenvalue weighted by atomic mass is 16.4. The van der Waals surface area contributed by atoms with Crippen molar-refractivity contribution in [2.24, 2.45) is 0 Å². The normalized spacial score (nSPS) is 11.7. The lowest BCUT2D eigenvalue weighted by Gasteiger charge is -2.27. The number of rotatable bonds is 6. The van der Waals surface area contributed by atoms with Crippen molar-refractivity contribution in [1.82, 2.24) is 5.32 Å². The summed E-state index contributed by atoms with van der Waals surface area (Å²) in [7, 11) is 0. The molecule has 0 saturated carbocycles. The predicted octanol–water partition coefficient (Wildman–Crippen LogP) is 2.32. The second kappa shape index (κ2) is 5.16. The maximum absolute atomic E-state index is 11.2. The molecule has 1 rings (SSSR count). The van der Waals surface area contributed by atoms with Crippen LogP contribution in [-0.2, 0) is 11.3 Å². The molecule has 1 aromatic heterocycles. The van der Waals surface area contributed by atoms with Crippen LogP contribution in [0.15, 0.2) is 16.5 Å². The topological polar surface area (TPSA) is 62.5 Å². The third-order valence-electron chi connectivity index (χ3n) is 3.01. The summed E-state index contributed by atoms with van der Waals surface area (Å²) < 4.78 is 5.39. The Hall–Kier alpha value is -1.29. The van der Waals surface area contributed by atoms with Crippen molar-refractivity contribution in [3.63, 3.8) is 0 Å². The number of nitrogens with one attached hydrogen (secondary N) is 1. The van der Waals surface area contributed by atoms with E-state index in [2.05, 4.69) is 5.32 Å². The molecule has 4 heteroatoms. The number of carboxylic acid groups (broad SMARTS) is 1. The average Bonchev–Trinajstić information content (AvgIpc) is 2.66. The summed E-state index contributed by atoms with van der Waals surface area (Å²) in [5.74, 6) is 0.802. The second-order valence-electron chi connectivity index (χ2n) is 3.96. The van der Waals surface area contributed by atoms with Gasteiger partial charge in [-0.1, -0.05) is 13.8 Å². The number of hydrogen-bond acceptors (Lipinski definition) is 3. The van der Waals surface area contributed by atoms with Crippen molar-refractivity contribution in [2.45, 2.75) is 45.7 Å². The lowest BCUT2D eigenvalue weighted by Crippen LogP contribution is -2.50. The zero-order chi connectivity index (χ0) is 12.2. The summed E-state index contributed by atoms with van der Waals surface area (Å²) in [5, 5.41) is 12.3. The smallest absolute Gasteiger partial charge is 0.323 e. The van der Waals surface area contributed by atoms with Gasteiger partial charge >= 0.3 is 5.97 Å². The molecule has 2 N–H and O–H groups in total. The van der Waals surface area contributed by atoms with Crippen LogP contribution in [0, 0.1) is 6.92 Å². The van der Waals surface area contributed by atoms with Gasteiger partial charge in [0.25, 0.3) is 0 Å². The van der Waals surface area contributed by atoms with E-state index in [0.29, 0.717) is 19.4 Å². The molecule has 0 fully saturated rings. The Bertz CT molecular complexity index is 353. The number of carbonyl (C=O) groups is 1. The number of aliphatic carboxylic acids is 1. The van der Waals surface area contributed by atoms with E-state index in [1.807, 2.05) is 32.9 Å². The minimum atomic E-state index is -0.847. The molecule has 90 valence electrons. The lowest BCUT2D eigenvalue weighted by molar-refractivity contribution is -0.145. The monoisotopic (exact) mass is 225 g/mol. The van der Waals surface area contributed by atoms with Crippen LogP contribution in [0.2, 0.25) is 0 Å². The minimum absolute atomic E-state index is 0.446. The molecule has 0 bridgehead atoms. The fraction of sp³-hybridized carbons (Fsp3) is 0.583. The minimum Gasteiger partial charge on any atom is -0.480 e. The number of furan rings is 1. The molecule has 0 saturated heterocycles. The molecule has 0 aliphatic rings. The highest BCUT2D eigenvalue weighted by Crippen LogP contribution is 2.17. The molecule has 0 radical (unpaired) electrons. The summed E-state index contributed by atoms with van der Waals surface area (Å²) in [6.07, 6.45) is 1.11. The molecule has 0 unspecified atom stereocenters. The summed E-state index contributed by atoms with van der Waals surface area (Å²) in [6.45, 7) is 6.06. The first-order valence-electron chi connectivity index (χ1n) is 5.58. The zero-order valence-electron chi connectivity index (χ0n) is 10.0. The van der Waals surface area contributed by atoms with Crippen molar-refractivity contribution in [3.8, 4) is 0 Å². The van der Waals surface area contributed by atoms with E-state index in [0.717, 1.165) is 11.5 Å².